The molecule has 0 aromatic carbocycles. The van der Waals surface area contributed by atoms with Crippen molar-refractivity contribution in [3.05, 3.63) is 22.4 Å². The van der Waals surface area contributed by atoms with E-state index in [1.807, 2.05) is 24.4 Å². The third-order valence-corrected chi connectivity index (χ3v) is 2.60. The minimum absolute atomic E-state index is 0.0964. The van der Waals surface area contributed by atoms with E-state index in [1.165, 1.54) is 7.11 Å². The summed E-state index contributed by atoms with van der Waals surface area (Å²) in [5.41, 5.74) is 0. The molecule has 0 bridgehead atoms. The first-order valence-corrected chi connectivity index (χ1v) is 4.75. The van der Waals surface area contributed by atoms with Crippen LogP contribution in [0.5, 0.6) is 0 Å². The van der Waals surface area contributed by atoms with Gasteiger partial charge in [-0.1, -0.05) is 12.0 Å². The summed E-state index contributed by atoms with van der Waals surface area (Å²) in [5.74, 6) is 4.85. The van der Waals surface area contributed by atoms with Crippen LogP contribution in [0.3, 0.4) is 0 Å². The van der Waals surface area contributed by atoms with Gasteiger partial charge in [-0.05, 0) is 18.4 Å². The number of carbonyl (C=O) groups excluding carboxylic acids is 1. The second-order valence-corrected chi connectivity index (χ2v) is 3.48. The maximum absolute atomic E-state index is 10.7. The second-order valence-electron chi connectivity index (χ2n) is 2.50. The first kappa shape index (κ1) is 9.82. The predicted molar refractivity (Wildman–Crippen MR) is 52.5 cm³/mol. The number of rotatable bonds is 1. The molecule has 0 fully saturated rings. The summed E-state index contributed by atoms with van der Waals surface area (Å²) in [6.07, 6.45) is 0. The van der Waals surface area contributed by atoms with Gasteiger partial charge in [0.2, 0.25) is 0 Å². The first-order valence-electron chi connectivity index (χ1n) is 3.87. The topological polar surface area (TPSA) is 26.3 Å². The van der Waals surface area contributed by atoms with Crippen molar-refractivity contribution in [1.82, 2.24) is 0 Å². The number of esters is 1. The fourth-order valence-electron chi connectivity index (χ4n) is 0.827. The summed E-state index contributed by atoms with van der Waals surface area (Å²) in [7, 11) is 1.33. The zero-order valence-corrected chi connectivity index (χ0v) is 8.35. The molecule has 1 aromatic heterocycles. The zero-order chi connectivity index (χ0) is 9.68. The number of ether oxygens (including phenoxy) is 1. The molecule has 0 saturated carbocycles. The molecular weight excluding hydrogens is 184 g/mol. The molecule has 0 aliphatic carbocycles. The molecule has 1 unspecified atom stereocenters. The van der Waals surface area contributed by atoms with Gasteiger partial charge in [-0.15, -0.1) is 11.3 Å². The Morgan fingerprint density at radius 1 is 1.69 bits per heavy atom. The molecule has 2 nitrogen and oxygen atoms in total. The van der Waals surface area contributed by atoms with Gasteiger partial charge in [0.1, 0.15) is 0 Å². The van der Waals surface area contributed by atoms with Crippen molar-refractivity contribution < 1.29 is 9.53 Å². The SMILES string of the molecule is COC(=O)C#CC(C)c1cccs1. The highest BCUT2D eigenvalue weighted by Gasteiger charge is 2.01. The Labute approximate surface area is 81.5 Å². The molecule has 0 radical (unpaired) electrons. The van der Waals surface area contributed by atoms with Crippen molar-refractivity contribution in [2.75, 3.05) is 7.11 Å². The molecule has 0 amide bonds. The van der Waals surface area contributed by atoms with Gasteiger partial charge in [0.15, 0.2) is 0 Å². The summed E-state index contributed by atoms with van der Waals surface area (Å²) in [4.78, 5) is 11.9. The van der Waals surface area contributed by atoms with Crippen LogP contribution >= 0.6 is 11.3 Å². The van der Waals surface area contributed by atoms with Crippen molar-refractivity contribution in [3.8, 4) is 11.8 Å². The lowest BCUT2D eigenvalue weighted by Gasteiger charge is -1.96. The standard InChI is InChI=1S/C10H10O2S/c1-8(5-6-10(11)12-2)9-4-3-7-13-9/h3-4,7-8H,1-2H3. The van der Waals surface area contributed by atoms with Gasteiger partial charge >= 0.3 is 5.97 Å². The summed E-state index contributed by atoms with van der Waals surface area (Å²) in [6.45, 7) is 1.96. The Bertz CT molecular complexity index is 330. The van der Waals surface area contributed by atoms with E-state index in [-0.39, 0.29) is 5.92 Å². The van der Waals surface area contributed by atoms with E-state index in [4.69, 9.17) is 0 Å². The Hall–Kier alpha value is -1.27. The highest BCUT2D eigenvalue weighted by Crippen LogP contribution is 2.19. The van der Waals surface area contributed by atoms with Crippen molar-refractivity contribution in [2.45, 2.75) is 12.8 Å². The van der Waals surface area contributed by atoms with Crippen LogP contribution in [0.2, 0.25) is 0 Å². The Morgan fingerprint density at radius 3 is 3.00 bits per heavy atom. The van der Waals surface area contributed by atoms with Crippen molar-refractivity contribution in [2.24, 2.45) is 0 Å². The van der Waals surface area contributed by atoms with Gasteiger partial charge in [0.05, 0.1) is 13.0 Å². The number of hydrogen-bond acceptors (Lipinski definition) is 3. The average Bonchev–Trinajstić information content (AvgIpc) is 2.66. The number of methoxy groups -OCH3 is 1. The molecule has 0 spiro atoms. The molecule has 0 N–H and O–H groups in total. The van der Waals surface area contributed by atoms with Gasteiger partial charge in [-0.25, -0.2) is 4.79 Å². The van der Waals surface area contributed by atoms with Crippen LogP contribution < -0.4 is 0 Å². The molecular formula is C10H10O2S. The number of thiophene rings is 1. The molecule has 1 atom stereocenters. The third kappa shape index (κ3) is 2.92. The number of hydrogen-bond donors (Lipinski definition) is 0. The molecule has 1 aromatic rings. The normalized spacial score (nSPS) is 11.2. The molecule has 0 saturated heterocycles. The zero-order valence-electron chi connectivity index (χ0n) is 7.53. The van der Waals surface area contributed by atoms with E-state index in [2.05, 4.69) is 16.6 Å². The van der Waals surface area contributed by atoms with Crippen LogP contribution in [0.15, 0.2) is 17.5 Å². The smallest absolute Gasteiger partial charge is 0.384 e. The minimum atomic E-state index is -0.483. The minimum Gasteiger partial charge on any atom is -0.459 e. The van der Waals surface area contributed by atoms with Crippen LogP contribution in [0.4, 0.5) is 0 Å². The summed E-state index contributed by atoms with van der Waals surface area (Å²) < 4.78 is 4.41. The highest BCUT2D eigenvalue weighted by atomic mass is 32.1. The predicted octanol–water partition coefficient (Wildman–Crippen LogP) is 2.03. The van der Waals surface area contributed by atoms with Crippen molar-refractivity contribution >= 4 is 17.3 Å². The monoisotopic (exact) mass is 194 g/mol. The lowest BCUT2D eigenvalue weighted by molar-refractivity contribution is -0.133. The molecule has 0 aliphatic heterocycles. The van der Waals surface area contributed by atoms with E-state index in [0.717, 1.165) is 4.88 Å². The molecule has 1 rings (SSSR count). The van der Waals surface area contributed by atoms with Gasteiger partial charge in [0.25, 0.3) is 0 Å². The molecule has 0 aliphatic rings. The molecule has 1 heterocycles. The second kappa shape index (κ2) is 4.68. The molecule has 13 heavy (non-hydrogen) atoms. The van der Waals surface area contributed by atoms with Crippen LogP contribution in [-0.4, -0.2) is 13.1 Å². The van der Waals surface area contributed by atoms with Gasteiger partial charge < -0.3 is 4.74 Å². The Balaban J connectivity index is 2.63. The quantitative estimate of drug-likeness (QED) is 0.388. The van der Waals surface area contributed by atoms with Crippen LogP contribution in [0, 0.1) is 11.8 Å². The van der Waals surface area contributed by atoms with Crippen LogP contribution in [0.25, 0.3) is 0 Å². The largest absolute Gasteiger partial charge is 0.459 e. The van der Waals surface area contributed by atoms with Crippen molar-refractivity contribution in [3.63, 3.8) is 0 Å². The van der Waals surface area contributed by atoms with E-state index < -0.39 is 5.97 Å². The van der Waals surface area contributed by atoms with E-state index in [9.17, 15) is 4.79 Å². The lowest BCUT2D eigenvalue weighted by atomic mass is 10.1. The first-order chi connectivity index (χ1) is 6.24. The fourth-order valence-corrected chi connectivity index (χ4v) is 1.56. The third-order valence-electron chi connectivity index (χ3n) is 1.55. The summed E-state index contributed by atoms with van der Waals surface area (Å²) in [6, 6.07) is 3.97. The van der Waals surface area contributed by atoms with E-state index in [1.54, 1.807) is 11.3 Å². The van der Waals surface area contributed by atoms with Crippen molar-refractivity contribution in [1.29, 1.82) is 0 Å². The Morgan fingerprint density at radius 2 is 2.46 bits per heavy atom. The average molecular weight is 194 g/mol. The maximum atomic E-state index is 10.7. The molecule has 3 heteroatoms. The molecule has 68 valence electrons. The van der Waals surface area contributed by atoms with Crippen LogP contribution in [0.1, 0.15) is 17.7 Å². The Kier molecular flexibility index (Phi) is 3.53. The van der Waals surface area contributed by atoms with Gasteiger partial charge in [-0.2, -0.15) is 0 Å². The van der Waals surface area contributed by atoms with Crippen LogP contribution in [-0.2, 0) is 9.53 Å². The lowest BCUT2D eigenvalue weighted by Crippen LogP contribution is -1.95. The fraction of sp³-hybridized carbons (Fsp3) is 0.300. The van der Waals surface area contributed by atoms with E-state index >= 15 is 0 Å². The highest BCUT2D eigenvalue weighted by molar-refractivity contribution is 7.10. The summed E-state index contributed by atoms with van der Waals surface area (Å²) >= 11 is 1.64. The summed E-state index contributed by atoms with van der Waals surface area (Å²) in [5, 5.41) is 1.99. The van der Waals surface area contributed by atoms with E-state index in [0.29, 0.717) is 0 Å². The number of carbonyl (C=O) groups is 1. The van der Waals surface area contributed by atoms with Gasteiger partial charge in [-0.3, -0.25) is 0 Å². The maximum Gasteiger partial charge on any atom is 0.384 e. The van der Waals surface area contributed by atoms with Gasteiger partial charge in [0, 0.05) is 10.8 Å².